The van der Waals surface area contributed by atoms with Crippen molar-refractivity contribution in [2.24, 2.45) is 5.92 Å². The fourth-order valence-corrected chi connectivity index (χ4v) is 2.94. The molecule has 1 atom stereocenters. The molecule has 1 unspecified atom stereocenters. The van der Waals surface area contributed by atoms with Gasteiger partial charge < -0.3 is 15.0 Å². The van der Waals surface area contributed by atoms with Crippen molar-refractivity contribution in [2.75, 3.05) is 13.1 Å². The first-order valence-corrected chi connectivity index (χ1v) is 9.15. The highest BCUT2D eigenvalue weighted by Gasteiger charge is 2.31. The Balaban J connectivity index is 1.85. The number of benzene rings is 1. The van der Waals surface area contributed by atoms with Gasteiger partial charge in [0.15, 0.2) is 5.78 Å². The van der Waals surface area contributed by atoms with Crippen LogP contribution < -0.4 is 5.32 Å². The minimum absolute atomic E-state index is 0.225. The number of carbonyl (C=O) groups excluding carboxylic acids is 3. The zero-order chi connectivity index (χ0) is 20.2. The van der Waals surface area contributed by atoms with Gasteiger partial charge in [-0.05, 0) is 52.7 Å². The van der Waals surface area contributed by atoms with Crippen molar-refractivity contribution in [3.63, 3.8) is 0 Å². The van der Waals surface area contributed by atoms with Crippen LogP contribution in [0, 0.1) is 11.7 Å². The SMILES string of the molecule is CC(NC(=O)C1CCN(C(=O)OC(C)(C)C)CC1)C(=O)c1cccc(F)c1. The number of ketones is 1. The van der Waals surface area contributed by atoms with E-state index in [0.29, 0.717) is 25.9 Å². The summed E-state index contributed by atoms with van der Waals surface area (Å²) in [4.78, 5) is 38.4. The number of amides is 2. The van der Waals surface area contributed by atoms with Gasteiger partial charge in [-0.3, -0.25) is 9.59 Å². The Morgan fingerprint density at radius 2 is 1.85 bits per heavy atom. The minimum Gasteiger partial charge on any atom is -0.444 e. The normalized spacial score (nSPS) is 16.6. The molecular weight excluding hydrogens is 351 g/mol. The van der Waals surface area contributed by atoms with Crippen molar-refractivity contribution in [1.29, 1.82) is 0 Å². The first-order valence-electron chi connectivity index (χ1n) is 9.15. The molecule has 0 bridgehead atoms. The van der Waals surface area contributed by atoms with Crippen LogP contribution in [0.25, 0.3) is 0 Å². The predicted octanol–water partition coefficient (Wildman–Crippen LogP) is 3.16. The number of carbonyl (C=O) groups is 3. The molecule has 0 aliphatic carbocycles. The van der Waals surface area contributed by atoms with Crippen LogP contribution in [0.2, 0.25) is 0 Å². The molecule has 7 heteroatoms. The maximum absolute atomic E-state index is 13.3. The number of likely N-dealkylation sites (tertiary alicyclic amines) is 1. The van der Waals surface area contributed by atoms with E-state index in [1.807, 2.05) is 20.8 Å². The Bertz CT molecular complexity index is 706. The number of hydrogen-bond acceptors (Lipinski definition) is 4. The molecule has 0 saturated carbocycles. The van der Waals surface area contributed by atoms with E-state index in [1.54, 1.807) is 11.8 Å². The van der Waals surface area contributed by atoms with Gasteiger partial charge in [0.2, 0.25) is 5.91 Å². The Hall–Kier alpha value is -2.44. The molecule has 1 saturated heterocycles. The van der Waals surface area contributed by atoms with Gasteiger partial charge in [-0.2, -0.15) is 0 Å². The second-order valence-electron chi connectivity index (χ2n) is 7.85. The summed E-state index contributed by atoms with van der Waals surface area (Å²) in [5.41, 5.74) is -0.333. The molecule has 1 aromatic carbocycles. The first-order chi connectivity index (χ1) is 12.6. The van der Waals surface area contributed by atoms with Gasteiger partial charge in [-0.25, -0.2) is 9.18 Å². The van der Waals surface area contributed by atoms with Gasteiger partial charge >= 0.3 is 6.09 Å². The molecule has 1 heterocycles. The van der Waals surface area contributed by atoms with Gasteiger partial charge in [-0.15, -0.1) is 0 Å². The third kappa shape index (κ3) is 6.05. The van der Waals surface area contributed by atoms with Gasteiger partial charge in [0.05, 0.1) is 6.04 Å². The van der Waals surface area contributed by atoms with Gasteiger partial charge in [-0.1, -0.05) is 12.1 Å². The lowest BCUT2D eigenvalue weighted by molar-refractivity contribution is -0.126. The fraction of sp³-hybridized carbons (Fsp3) is 0.550. The van der Waals surface area contributed by atoms with E-state index in [-0.39, 0.29) is 29.3 Å². The van der Waals surface area contributed by atoms with Crippen LogP contribution in [0.15, 0.2) is 24.3 Å². The van der Waals surface area contributed by atoms with E-state index in [9.17, 15) is 18.8 Å². The van der Waals surface area contributed by atoms with Crippen molar-refractivity contribution >= 4 is 17.8 Å². The van der Waals surface area contributed by atoms with Crippen LogP contribution in [0.3, 0.4) is 0 Å². The molecule has 1 aliphatic rings. The molecular formula is C20H27FN2O4. The number of halogens is 1. The number of ether oxygens (including phenoxy) is 1. The largest absolute Gasteiger partial charge is 0.444 e. The molecule has 27 heavy (non-hydrogen) atoms. The Morgan fingerprint density at radius 3 is 2.41 bits per heavy atom. The Morgan fingerprint density at radius 1 is 1.22 bits per heavy atom. The Kier molecular flexibility index (Phi) is 6.57. The summed E-state index contributed by atoms with van der Waals surface area (Å²) in [7, 11) is 0. The molecule has 1 aliphatic heterocycles. The van der Waals surface area contributed by atoms with Crippen molar-refractivity contribution in [3.05, 3.63) is 35.6 Å². The summed E-state index contributed by atoms with van der Waals surface area (Å²) < 4.78 is 18.6. The van der Waals surface area contributed by atoms with Crippen LogP contribution >= 0.6 is 0 Å². The van der Waals surface area contributed by atoms with E-state index in [0.717, 1.165) is 6.07 Å². The summed E-state index contributed by atoms with van der Waals surface area (Å²) in [6, 6.07) is 4.66. The van der Waals surface area contributed by atoms with E-state index < -0.39 is 17.5 Å². The van der Waals surface area contributed by atoms with Gasteiger partial charge in [0, 0.05) is 24.6 Å². The zero-order valence-electron chi connectivity index (χ0n) is 16.3. The molecule has 1 fully saturated rings. The van der Waals surface area contributed by atoms with E-state index >= 15 is 0 Å². The summed E-state index contributed by atoms with van der Waals surface area (Å²) in [5, 5.41) is 2.70. The maximum atomic E-state index is 13.3. The average molecular weight is 378 g/mol. The van der Waals surface area contributed by atoms with Crippen LogP contribution in [0.5, 0.6) is 0 Å². The van der Waals surface area contributed by atoms with Crippen molar-refractivity contribution < 1.29 is 23.5 Å². The molecule has 148 valence electrons. The van der Waals surface area contributed by atoms with E-state index in [4.69, 9.17) is 4.74 Å². The van der Waals surface area contributed by atoms with Crippen molar-refractivity contribution in [2.45, 2.75) is 52.2 Å². The van der Waals surface area contributed by atoms with Crippen LogP contribution in [0.1, 0.15) is 50.9 Å². The standard InChI is InChI=1S/C20H27FN2O4/c1-13(17(24)15-6-5-7-16(21)12-15)22-18(25)14-8-10-23(11-9-14)19(26)27-20(2,3)4/h5-7,12-14H,8-11H2,1-4H3,(H,22,25). The summed E-state index contributed by atoms with van der Waals surface area (Å²) in [6.45, 7) is 7.87. The lowest BCUT2D eigenvalue weighted by Crippen LogP contribution is -2.47. The number of nitrogens with zero attached hydrogens (tertiary/aromatic N) is 1. The smallest absolute Gasteiger partial charge is 0.410 e. The van der Waals surface area contributed by atoms with Gasteiger partial charge in [0.1, 0.15) is 11.4 Å². The minimum atomic E-state index is -0.747. The molecule has 0 aromatic heterocycles. The molecule has 1 aromatic rings. The Labute approximate surface area is 159 Å². The van der Waals surface area contributed by atoms with Crippen LogP contribution in [0.4, 0.5) is 9.18 Å². The van der Waals surface area contributed by atoms with Crippen LogP contribution in [-0.2, 0) is 9.53 Å². The maximum Gasteiger partial charge on any atom is 0.410 e. The highest BCUT2D eigenvalue weighted by molar-refractivity contribution is 6.01. The van der Waals surface area contributed by atoms with Crippen LogP contribution in [-0.4, -0.2) is 47.4 Å². The lowest BCUT2D eigenvalue weighted by atomic mass is 9.95. The highest BCUT2D eigenvalue weighted by atomic mass is 19.1. The zero-order valence-corrected chi connectivity index (χ0v) is 16.3. The average Bonchev–Trinajstić information content (AvgIpc) is 2.59. The van der Waals surface area contributed by atoms with Crippen molar-refractivity contribution in [3.8, 4) is 0 Å². The van der Waals surface area contributed by atoms with Gasteiger partial charge in [0.25, 0.3) is 0 Å². The number of piperidine rings is 1. The number of hydrogen-bond donors (Lipinski definition) is 1. The highest BCUT2D eigenvalue weighted by Crippen LogP contribution is 2.20. The fourth-order valence-electron chi connectivity index (χ4n) is 2.94. The third-order valence-electron chi connectivity index (χ3n) is 4.38. The monoisotopic (exact) mass is 378 g/mol. The quantitative estimate of drug-likeness (QED) is 0.817. The van der Waals surface area contributed by atoms with Crippen molar-refractivity contribution in [1.82, 2.24) is 10.2 Å². The summed E-state index contributed by atoms with van der Waals surface area (Å²) in [5.74, 6) is -1.33. The molecule has 6 nitrogen and oxygen atoms in total. The summed E-state index contributed by atoms with van der Waals surface area (Å²) in [6.07, 6.45) is 0.633. The second-order valence-corrected chi connectivity index (χ2v) is 7.85. The van der Waals surface area contributed by atoms with E-state index in [2.05, 4.69) is 5.32 Å². The third-order valence-corrected chi connectivity index (χ3v) is 4.38. The molecule has 0 spiro atoms. The topological polar surface area (TPSA) is 75.7 Å². The molecule has 2 amide bonds. The number of nitrogens with one attached hydrogen (secondary N) is 1. The number of Topliss-reactive ketones (excluding diaryl/α,β-unsaturated/α-hetero) is 1. The predicted molar refractivity (Wildman–Crippen MR) is 98.9 cm³/mol. The number of rotatable bonds is 4. The first kappa shape index (κ1) is 20.9. The second kappa shape index (κ2) is 8.50. The van der Waals surface area contributed by atoms with E-state index in [1.165, 1.54) is 18.2 Å². The summed E-state index contributed by atoms with van der Waals surface area (Å²) >= 11 is 0. The molecule has 0 radical (unpaired) electrons. The molecule has 1 N–H and O–H groups in total. The lowest BCUT2D eigenvalue weighted by Gasteiger charge is -2.33. The molecule has 2 rings (SSSR count).